The number of hydrogen-bond acceptors (Lipinski definition) is 4. The third-order valence-electron chi connectivity index (χ3n) is 2.94. The number of amides is 1. The Labute approximate surface area is 107 Å². The van der Waals surface area contributed by atoms with E-state index in [9.17, 15) is 4.79 Å². The van der Waals surface area contributed by atoms with Crippen molar-refractivity contribution in [2.24, 2.45) is 0 Å². The first kappa shape index (κ1) is 13.0. The molecule has 1 saturated heterocycles. The normalized spacial score (nSPS) is 23.1. The number of hydrogen-bond donors (Lipinski definition) is 0. The average molecular weight is 252 g/mol. The number of aromatic nitrogens is 3. The van der Waals surface area contributed by atoms with E-state index in [1.165, 1.54) is 6.33 Å². The molecule has 6 heteroatoms. The van der Waals surface area contributed by atoms with Crippen LogP contribution >= 0.6 is 0 Å². The van der Waals surface area contributed by atoms with Gasteiger partial charge in [0, 0.05) is 19.5 Å². The van der Waals surface area contributed by atoms with Crippen LogP contribution in [-0.4, -0.2) is 50.4 Å². The molecule has 1 aliphatic heterocycles. The molecule has 1 aliphatic rings. The first-order valence-corrected chi connectivity index (χ1v) is 6.24. The van der Waals surface area contributed by atoms with Crippen molar-refractivity contribution in [3.05, 3.63) is 12.7 Å². The molecular formula is C12H20N4O2. The molecule has 0 saturated carbocycles. The zero-order chi connectivity index (χ0) is 13.2. The van der Waals surface area contributed by atoms with E-state index in [0.717, 1.165) is 0 Å². The second-order valence-electron chi connectivity index (χ2n) is 5.37. The van der Waals surface area contributed by atoms with Gasteiger partial charge < -0.3 is 9.64 Å². The molecule has 1 amide bonds. The minimum absolute atomic E-state index is 0.0871. The highest BCUT2D eigenvalue weighted by Crippen LogP contribution is 2.21. The Morgan fingerprint density at radius 1 is 1.56 bits per heavy atom. The number of aryl methyl sites for hydroxylation is 1. The van der Waals surface area contributed by atoms with Crippen molar-refractivity contribution >= 4 is 5.91 Å². The minimum atomic E-state index is -0.263. The van der Waals surface area contributed by atoms with Gasteiger partial charge in [0.15, 0.2) is 0 Å². The number of rotatable bonds is 3. The van der Waals surface area contributed by atoms with Crippen molar-refractivity contribution in [2.45, 2.75) is 45.4 Å². The fourth-order valence-electron chi connectivity index (χ4n) is 2.36. The maximum atomic E-state index is 12.1. The highest BCUT2D eigenvalue weighted by molar-refractivity contribution is 5.76. The lowest BCUT2D eigenvalue weighted by Crippen LogP contribution is -2.53. The van der Waals surface area contributed by atoms with Crippen LogP contribution in [0.4, 0.5) is 0 Å². The third kappa shape index (κ3) is 3.29. The van der Waals surface area contributed by atoms with Crippen LogP contribution in [0.2, 0.25) is 0 Å². The molecule has 0 bridgehead atoms. The Morgan fingerprint density at radius 3 is 2.94 bits per heavy atom. The smallest absolute Gasteiger partial charge is 0.224 e. The summed E-state index contributed by atoms with van der Waals surface area (Å²) in [7, 11) is 0. The van der Waals surface area contributed by atoms with Gasteiger partial charge in [0.2, 0.25) is 5.91 Å². The lowest BCUT2D eigenvalue weighted by molar-refractivity contribution is -0.158. The summed E-state index contributed by atoms with van der Waals surface area (Å²) in [5.41, 5.74) is -0.263. The molecule has 1 atom stereocenters. The van der Waals surface area contributed by atoms with Gasteiger partial charge in [-0.25, -0.2) is 4.98 Å². The standard InChI is InChI=1S/C12H20N4O2/c1-10-6-15(7-12(2,3)18-10)11(17)4-5-16-9-13-8-14-16/h8-10H,4-7H2,1-3H3. The summed E-state index contributed by atoms with van der Waals surface area (Å²) in [4.78, 5) is 17.9. The van der Waals surface area contributed by atoms with E-state index in [1.54, 1.807) is 11.0 Å². The quantitative estimate of drug-likeness (QED) is 0.794. The summed E-state index contributed by atoms with van der Waals surface area (Å²) in [6.45, 7) is 7.91. The molecule has 1 aromatic rings. The van der Waals surface area contributed by atoms with E-state index >= 15 is 0 Å². The van der Waals surface area contributed by atoms with E-state index in [2.05, 4.69) is 10.1 Å². The van der Waals surface area contributed by atoms with E-state index in [4.69, 9.17) is 4.74 Å². The van der Waals surface area contributed by atoms with Crippen molar-refractivity contribution < 1.29 is 9.53 Å². The SMILES string of the molecule is CC1CN(C(=O)CCn2cncn2)CC(C)(C)O1. The number of ether oxygens (including phenoxy) is 1. The highest BCUT2D eigenvalue weighted by Gasteiger charge is 2.33. The van der Waals surface area contributed by atoms with E-state index in [-0.39, 0.29) is 17.6 Å². The van der Waals surface area contributed by atoms with E-state index in [0.29, 0.717) is 26.1 Å². The topological polar surface area (TPSA) is 60.2 Å². The molecule has 100 valence electrons. The van der Waals surface area contributed by atoms with Crippen molar-refractivity contribution in [2.75, 3.05) is 13.1 Å². The van der Waals surface area contributed by atoms with E-state index < -0.39 is 0 Å². The molecule has 2 heterocycles. The summed E-state index contributed by atoms with van der Waals surface area (Å²) in [5, 5.41) is 3.99. The third-order valence-corrected chi connectivity index (χ3v) is 2.94. The van der Waals surface area contributed by atoms with Crippen LogP contribution in [0.1, 0.15) is 27.2 Å². The van der Waals surface area contributed by atoms with Crippen LogP contribution in [0, 0.1) is 0 Å². The van der Waals surface area contributed by atoms with Crippen LogP contribution in [0.15, 0.2) is 12.7 Å². The number of carbonyl (C=O) groups excluding carboxylic acids is 1. The number of carbonyl (C=O) groups is 1. The van der Waals surface area contributed by atoms with Gasteiger partial charge >= 0.3 is 0 Å². The average Bonchev–Trinajstić information content (AvgIpc) is 2.75. The van der Waals surface area contributed by atoms with Crippen LogP contribution in [0.5, 0.6) is 0 Å². The second-order valence-corrected chi connectivity index (χ2v) is 5.37. The molecule has 1 unspecified atom stereocenters. The fourth-order valence-corrected chi connectivity index (χ4v) is 2.36. The molecular weight excluding hydrogens is 232 g/mol. The Balaban J connectivity index is 1.88. The summed E-state index contributed by atoms with van der Waals surface area (Å²) in [6.07, 6.45) is 3.64. The molecule has 0 aliphatic carbocycles. The van der Waals surface area contributed by atoms with Gasteiger partial charge in [0.25, 0.3) is 0 Å². The molecule has 0 radical (unpaired) electrons. The van der Waals surface area contributed by atoms with Gasteiger partial charge in [-0.1, -0.05) is 0 Å². The largest absolute Gasteiger partial charge is 0.369 e. The van der Waals surface area contributed by atoms with Crippen LogP contribution < -0.4 is 0 Å². The zero-order valence-corrected chi connectivity index (χ0v) is 11.2. The highest BCUT2D eigenvalue weighted by atomic mass is 16.5. The molecule has 2 rings (SSSR count). The summed E-state index contributed by atoms with van der Waals surface area (Å²) in [5.74, 6) is 0.147. The zero-order valence-electron chi connectivity index (χ0n) is 11.2. The van der Waals surface area contributed by atoms with Crippen LogP contribution in [0.25, 0.3) is 0 Å². The monoisotopic (exact) mass is 252 g/mol. The van der Waals surface area contributed by atoms with Gasteiger partial charge in [-0.3, -0.25) is 9.48 Å². The Bertz CT molecular complexity index is 402. The van der Waals surface area contributed by atoms with Crippen molar-refractivity contribution in [1.82, 2.24) is 19.7 Å². The Hall–Kier alpha value is -1.43. The summed E-state index contributed by atoms with van der Waals surface area (Å²) >= 11 is 0. The summed E-state index contributed by atoms with van der Waals surface area (Å²) in [6, 6.07) is 0. The maximum absolute atomic E-state index is 12.1. The first-order valence-electron chi connectivity index (χ1n) is 6.24. The van der Waals surface area contributed by atoms with E-state index in [1.807, 2.05) is 25.7 Å². The van der Waals surface area contributed by atoms with Crippen molar-refractivity contribution in [1.29, 1.82) is 0 Å². The molecule has 18 heavy (non-hydrogen) atoms. The Morgan fingerprint density at radius 2 is 2.33 bits per heavy atom. The molecule has 0 spiro atoms. The predicted octanol–water partition coefficient (Wildman–Crippen LogP) is 0.694. The number of nitrogens with zero attached hydrogens (tertiary/aromatic N) is 4. The summed E-state index contributed by atoms with van der Waals surface area (Å²) < 4.78 is 7.46. The molecule has 1 aromatic heterocycles. The van der Waals surface area contributed by atoms with Crippen molar-refractivity contribution in [3.63, 3.8) is 0 Å². The van der Waals surface area contributed by atoms with Gasteiger partial charge in [0.05, 0.1) is 18.2 Å². The minimum Gasteiger partial charge on any atom is -0.369 e. The molecule has 6 nitrogen and oxygen atoms in total. The lowest BCUT2D eigenvalue weighted by Gasteiger charge is -2.41. The maximum Gasteiger partial charge on any atom is 0.224 e. The molecule has 0 N–H and O–H groups in total. The molecule has 0 aromatic carbocycles. The van der Waals surface area contributed by atoms with Gasteiger partial charge in [-0.05, 0) is 20.8 Å². The predicted molar refractivity (Wildman–Crippen MR) is 65.8 cm³/mol. The van der Waals surface area contributed by atoms with Crippen LogP contribution in [-0.2, 0) is 16.1 Å². The van der Waals surface area contributed by atoms with Gasteiger partial charge in [0.1, 0.15) is 12.7 Å². The lowest BCUT2D eigenvalue weighted by atomic mass is 10.1. The number of morpholine rings is 1. The fraction of sp³-hybridized carbons (Fsp3) is 0.750. The van der Waals surface area contributed by atoms with Gasteiger partial charge in [-0.15, -0.1) is 0 Å². The Kier molecular flexibility index (Phi) is 3.65. The van der Waals surface area contributed by atoms with Crippen LogP contribution in [0.3, 0.4) is 0 Å². The van der Waals surface area contributed by atoms with Gasteiger partial charge in [-0.2, -0.15) is 5.10 Å². The first-order chi connectivity index (χ1) is 8.46. The van der Waals surface area contributed by atoms with Crippen molar-refractivity contribution in [3.8, 4) is 0 Å². The second kappa shape index (κ2) is 5.06. The molecule has 1 fully saturated rings.